The Morgan fingerprint density at radius 2 is 1.90 bits per heavy atom. The summed E-state index contributed by atoms with van der Waals surface area (Å²) in [5.74, 6) is 6.60. The van der Waals surface area contributed by atoms with Crippen molar-refractivity contribution >= 4 is 0 Å². The van der Waals surface area contributed by atoms with Crippen molar-refractivity contribution in [2.45, 2.75) is 26.3 Å². The zero-order valence-electron chi connectivity index (χ0n) is 12.3. The van der Waals surface area contributed by atoms with Crippen LogP contribution >= 0.6 is 0 Å². The van der Waals surface area contributed by atoms with Gasteiger partial charge in [0.1, 0.15) is 5.75 Å². The molecule has 106 valence electrons. The molecular formula is C17H22N2O. The maximum atomic E-state index is 5.73. The molecule has 20 heavy (non-hydrogen) atoms. The fourth-order valence-corrected chi connectivity index (χ4v) is 2.29. The molecule has 0 bridgehead atoms. The molecule has 0 radical (unpaired) electrons. The van der Waals surface area contributed by atoms with Gasteiger partial charge in [-0.25, -0.2) is 0 Å². The van der Waals surface area contributed by atoms with Gasteiger partial charge < -0.3 is 4.74 Å². The van der Waals surface area contributed by atoms with E-state index in [-0.39, 0.29) is 6.04 Å². The number of rotatable bonds is 5. The minimum absolute atomic E-state index is 0.0985. The summed E-state index contributed by atoms with van der Waals surface area (Å²) in [7, 11) is 1.68. The van der Waals surface area contributed by atoms with Crippen molar-refractivity contribution in [3.8, 4) is 5.75 Å². The molecule has 0 fully saturated rings. The van der Waals surface area contributed by atoms with Gasteiger partial charge in [-0.2, -0.15) is 0 Å². The molecule has 0 aliphatic rings. The zero-order valence-corrected chi connectivity index (χ0v) is 12.3. The normalized spacial score (nSPS) is 12.2. The minimum atomic E-state index is 0.0985. The highest BCUT2D eigenvalue weighted by molar-refractivity contribution is 5.34. The zero-order chi connectivity index (χ0) is 14.5. The molecule has 1 unspecified atom stereocenters. The van der Waals surface area contributed by atoms with Gasteiger partial charge in [-0.1, -0.05) is 30.3 Å². The first-order valence-electron chi connectivity index (χ1n) is 6.80. The highest BCUT2D eigenvalue weighted by atomic mass is 16.5. The number of nitrogens with two attached hydrogens (primary N) is 1. The van der Waals surface area contributed by atoms with Crippen LogP contribution in [0.4, 0.5) is 0 Å². The van der Waals surface area contributed by atoms with Gasteiger partial charge in [-0.3, -0.25) is 11.3 Å². The van der Waals surface area contributed by atoms with E-state index in [2.05, 4.69) is 43.5 Å². The number of hydrogen-bond acceptors (Lipinski definition) is 3. The molecule has 2 rings (SSSR count). The van der Waals surface area contributed by atoms with E-state index in [9.17, 15) is 0 Å². The van der Waals surface area contributed by atoms with Gasteiger partial charge in [-0.15, -0.1) is 0 Å². The van der Waals surface area contributed by atoms with Gasteiger partial charge in [-0.05, 0) is 54.7 Å². The van der Waals surface area contributed by atoms with E-state index in [4.69, 9.17) is 10.6 Å². The van der Waals surface area contributed by atoms with Crippen LogP contribution in [0.15, 0.2) is 42.5 Å². The van der Waals surface area contributed by atoms with E-state index in [1.807, 2.05) is 18.2 Å². The predicted molar refractivity (Wildman–Crippen MR) is 82.7 cm³/mol. The van der Waals surface area contributed by atoms with E-state index in [0.29, 0.717) is 0 Å². The van der Waals surface area contributed by atoms with Gasteiger partial charge in [0.05, 0.1) is 7.11 Å². The second-order valence-electron chi connectivity index (χ2n) is 5.12. The summed E-state index contributed by atoms with van der Waals surface area (Å²) in [5.41, 5.74) is 7.90. The van der Waals surface area contributed by atoms with E-state index in [1.165, 1.54) is 22.3 Å². The van der Waals surface area contributed by atoms with Crippen LogP contribution in [0.2, 0.25) is 0 Å². The Balaban J connectivity index is 2.21. The lowest BCUT2D eigenvalue weighted by Crippen LogP contribution is -2.29. The van der Waals surface area contributed by atoms with Gasteiger partial charge in [0.2, 0.25) is 0 Å². The molecule has 0 saturated heterocycles. The molecule has 3 heteroatoms. The van der Waals surface area contributed by atoms with Crippen LogP contribution in [0, 0.1) is 13.8 Å². The molecule has 0 heterocycles. The maximum Gasteiger partial charge on any atom is 0.119 e. The average Bonchev–Trinajstić information content (AvgIpc) is 2.48. The van der Waals surface area contributed by atoms with Crippen LogP contribution in [0.5, 0.6) is 5.75 Å². The van der Waals surface area contributed by atoms with Crippen LogP contribution in [0.1, 0.15) is 28.3 Å². The monoisotopic (exact) mass is 270 g/mol. The van der Waals surface area contributed by atoms with Crippen LogP contribution < -0.4 is 16.0 Å². The van der Waals surface area contributed by atoms with E-state index >= 15 is 0 Å². The molecular weight excluding hydrogens is 248 g/mol. The lowest BCUT2D eigenvalue weighted by molar-refractivity contribution is 0.414. The molecule has 2 aromatic carbocycles. The Morgan fingerprint density at radius 1 is 1.10 bits per heavy atom. The second-order valence-corrected chi connectivity index (χ2v) is 5.12. The average molecular weight is 270 g/mol. The number of aryl methyl sites for hydroxylation is 2. The van der Waals surface area contributed by atoms with Gasteiger partial charge in [0, 0.05) is 6.04 Å². The summed E-state index contributed by atoms with van der Waals surface area (Å²) in [6, 6.07) is 14.7. The van der Waals surface area contributed by atoms with Crippen LogP contribution in [-0.4, -0.2) is 7.11 Å². The van der Waals surface area contributed by atoms with E-state index in [0.717, 1.165) is 12.2 Å². The third-order valence-corrected chi connectivity index (χ3v) is 3.71. The molecule has 2 aromatic rings. The van der Waals surface area contributed by atoms with Crippen molar-refractivity contribution in [3.63, 3.8) is 0 Å². The van der Waals surface area contributed by atoms with Crippen LogP contribution in [0.25, 0.3) is 0 Å². The maximum absolute atomic E-state index is 5.73. The number of methoxy groups -OCH3 is 1. The van der Waals surface area contributed by atoms with Crippen molar-refractivity contribution in [2.24, 2.45) is 5.84 Å². The fraction of sp³-hybridized carbons (Fsp3) is 0.294. The first-order valence-corrected chi connectivity index (χ1v) is 6.80. The molecule has 1 atom stereocenters. The highest BCUT2D eigenvalue weighted by Gasteiger charge is 2.11. The number of hydrazine groups is 1. The van der Waals surface area contributed by atoms with Gasteiger partial charge in [0.25, 0.3) is 0 Å². The predicted octanol–water partition coefficient (Wildman–Crippen LogP) is 3.06. The number of ether oxygens (including phenoxy) is 1. The summed E-state index contributed by atoms with van der Waals surface area (Å²) in [6.45, 7) is 4.24. The molecule has 0 aliphatic carbocycles. The van der Waals surface area contributed by atoms with Crippen LogP contribution in [0.3, 0.4) is 0 Å². The van der Waals surface area contributed by atoms with Gasteiger partial charge >= 0.3 is 0 Å². The Bertz CT molecular complexity index is 581. The molecule has 0 aromatic heterocycles. The summed E-state index contributed by atoms with van der Waals surface area (Å²) in [5, 5.41) is 0. The molecule has 0 amide bonds. The SMILES string of the molecule is COc1cccc(CC(NN)c2ccc(C)c(C)c2)c1. The first-order chi connectivity index (χ1) is 9.63. The Hall–Kier alpha value is -1.84. The van der Waals surface area contributed by atoms with E-state index < -0.39 is 0 Å². The summed E-state index contributed by atoms with van der Waals surface area (Å²) >= 11 is 0. The molecule has 3 nitrogen and oxygen atoms in total. The largest absolute Gasteiger partial charge is 0.497 e. The number of benzene rings is 2. The fourth-order valence-electron chi connectivity index (χ4n) is 2.29. The topological polar surface area (TPSA) is 47.3 Å². The van der Waals surface area contributed by atoms with Crippen molar-refractivity contribution in [3.05, 3.63) is 64.7 Å². The second kappa shape index (κ2) is 6.55. The Morgan fingerprint density at radius 3 is 2.55 bits per heavy atom. The lowest BCUT2D eigenvalue weighted by Gasteiger charge is -2.18. The van der Waals surface area contributed by atoms with Crippen molar-refractivity contribution in [2.75, 3.05) is 7.11 Å². The summed E-state index contributed by atoms with van der Waals surface area (Å²) in [6.07, 6.45) is 0.830. The summed E-state index contributed by atoms with van der Waals surface area (Å²) in [4.78, 5) is 0. The smallest absolute Gasteiger partial charge is 0.119 e. The summed E-state index contributed by atoms with van der Waals surface area (Å²) < 4.78 is 5.26. The molecule has 0 aliphatic heterocycles. The molecule has 0 saturated carbocycles. The van der Waals surface area contributed by atoms with Gasteiger partial charge in [0.15, 0.2) is 0 Å². The van der Waals surface area contributed by atoms with E-state index in [1.54, 1.807) is 7.11 Å². The third kappa shape index (κ3) is 3.38. The Kier molecular flexibility index (Phi) is 4.77. The van der Waals surface area contributed by atoms with Crippen molar-refractivity contribution in [1.29, 1.82) is 0 Å². The molecule has 0 spiro atoms. The standard InChI is InChI=1S/C17H22N2O/c1-12-7-8-15(9-13(12)2)17(19-18)11-14-5-4-6-16(10-14)20-3/h4-10,17,19H,11,18H2,1-3H3. The first kappa shape index (κ1) is 14.6. The Labute approximate surface area is 120 Å². The third-order valence-electron chi connectivity index (χ3n) is 3.71. The minimum Gasteiger partial charge on any atom is -0.497 e. The van der Waals surface area contributed by atoms with Crippen molar-refractivity contribution < 1.29 is 4.74 Å². The highest BCUT2D eigenvalue weighted by Crippen LogP contribution is 2.22. The molecule has 3 N–H and O–H groups in total. The quantitative estimate of drug-likeness (QED) is 0.648. The van der Waals surface area contributed by atoms with Crippen molar-refractivity contribution in [1.82, 2.24) is 5.43 Å². The number of nitrogens with one attached hydrogen (secondary N) is 1. The number of hydrogen-bond donors (Lipinski definition) is 2. The lowest BCUT2D eigenvalue weighted by atomic mass is 9.96. The van der Waals surface area contributed by atoms with Crippen LogP contribution in [-0.2, 0) is 6.42 Å².